The molecule has 0 N–H and O–H groups in total. The molecule has 1 amide bonds. The molecule has 48 heavy (non-hydrogen) atoms. The molecule has 11 nitrogen and oxygen atoms in total. The molecule has 0 spiro atoms. The highest BCUT2D eigenvalue weighted by Crippen LogP contribution is 2.56. The van der Waals surface area contributed by atoms with Crippen LogP contribution in [0.1, 0.15) is 41.5 Å². The number of carbonyl (C=O) groups excluding carboxylic acids is 1. The van der Waals surface area contributed by atoms with Gasteiger partial charge in [-0.1, -0.05) is 23.7 Å². The number of likely N-dealkylation sites (N-methyl/N-ethyl adjacent to an activating group) is 1. The molecule has 0 bridgehead atoms. The first kappa shape index (κ1) is 32.6. The maximum Gasteiger partial charge on any atom is 0.271 e. The van der Waals surface area contributed by atoms with Crippen molar-refractivity contribution in [3.63, 3.8) is 0 Å². The number of aromatic nitrogens is 1. The molecular formula is C35H38ClN5O6S. The smallest absolute Gasteiger partial charge is 0.271 e. The lowest BCUT2D eigenvalue weighted by molar-refractivity contribution is -0.127. The molecule has 4 heterocycles. The van der Waals surface area contributed by atoms with Gasteiger partial charge in [-0.2, -0.15) is 0 Å². The second-order valence-corrected chi connectivity index (χ2v) is 14.7. The fourth-order valence-corrected chi connectivity index (χ4v) is 8.98. The highest BCUT2D eigenvalue weighted by Gasteiger charge is 2.62. The number of halogens is 1. The summed E-state index contributed by atoms with van der Waals surface area (Å²) in [6, 6.07) is 16.5. The molecule has 4 aromatic rings. The lowest BCUT2D eigenvalue weighted by Crippen LogP contribution is -2.54. The van der Waals surface area contributed by atoms with Crippen molar-refractivity contribution in [2.75, 3.05) is 58.3 Å². The molecule has 0 saturated carbocycles. The summed E-state index contributed by atoms with van der Waals surface area (Å²) < 4.78 is 47.2. The minimum atomic E-state index is -4.43. The second-order valence-electron chi connectivity index (χ2n) is 12.5. The van der Waals surface area contributed by atoms with E-state index in [-0.39, 0.29) is 10.6 Å². The van der Waals surface area contributed by atoms with Gasteiger partial charge >= 0.3 is 0 Å². The number of fused-ring (bicyclic) bond motifs is 1. The van der Waals surface area contributed by atoms with E-state index >= 15 is 4.79 Å². The molecule has 2 saturated heterocycles. The second kappa shape index (κ2) is 12.8. The Labute approximate surface area is 285 Å². The first-order valence-electron chi connectivity index (χ1n) is 16.0. The minimum Gasteiger partial charge on any atom is -0.497 e. The number of hydrogen-bond acceptors (Lipinski definition) is 10. The third-order valence-electron chi connectivity index (χ3n) is 9.74. The Balaban J connectivity index is 1.46. The fraction of sp³-hybridized carbons (Fsp3) is 0.371. The van der Waals surface area contributed by atoms with Gasteiger partial charge in [-0.3, -0.25) is 14.6 Å². The van der Waals surface area contributed by atoms with E-state index in [0.29, 0.717) is 53.0 Å². The van der Waals surface area contributed by atoms with Crippen molar-refractivity contribution in [3.05, 3.63) is 101 Å². The predicted molar refractivity (Wildman–Crippen MR) is 181 cm³/mol. The van der Waals surface area contributed by atoms with Gasteiger partial charge < -0.3 is 18.8 Å². The van der Waals surface area contributed by atoms with E-state index in [1.807, 2.05) is 23.1 Å². The molecule has 2 unspecified atom stereocenters. The molecule has 2 fully saturated rings. The summed E-state index contributed by atoms with van der Waals surface area (Å²) in [7, 11) is 0.760. The molecule has 1 aromatic heterocycles. The van der Waals surface area contributed by atoms with E-state index < -0.39 is 27.5 Å². The molecule has 0 radical (unpaired) electrons. The quantitative estimate of drug-likeness (QED) is 0.240. The van der Waals surface area contributed by atoms with Crippen LogP contribution in [-0.4, -0.2) is 88.0 Å². The third-order valence-corrected chi connectivity index (χ3v) is 11.7. The SMILES string of the molecule is COc1ccc(S(=O)(=O)N2C(=O)C(c3cc(CN4CCN(C)CC4)ccc3OC)(N3CCCC3c3ncco3)c3ccc(Cl)cc32)cc1. The van der Waals surface area contributed by atoms with E-state index in [1.54, 1.807) is 43.6 Å². The van der Waals surface area contributed by atoms with Crippen LogP contribution in [0.15, 0.2) is 82.4 Å². The predicted octanol–water partition coefficient (Wildman–Crippen LogP) is 4.91. The Kier molecular flexibility index (Phi) is 8.71. The average molecular weight is 692 g/mol. The molecule has 7 rings (SSSR count). The monoisotopic (exact) mass is 691 g/mol. The first-order chi connectivity index (χ1) is 23.2. The number of rotatable bonds is 9. The van der Waals surface area contributed by atoms with Crippen molar-refractivity contribution in [1.82, 2.24) is 19.7 Å². The van der Waals surface area contributed by atoms with Gasteiger partial charge in [0, 0.05) is 55.4 Å². The summed E-state index contributed by atoms with van der Waals surface area (Å²) in [5.41, 5.74) is 0.589. The highest BCUT2D eigenvalue weighted by molar-refractivity contribution is 7.93. The minimum absolute atomic E-state index is 0.0557. The number of carbonyl (C=O) groups is 1. The van der Waals surface area contributed by atoms with Crippen molar-refractivity contribution in [2.24, 2.45) is 0 Å². The summed E-state index contributed by atoms with van der Waals surface area (Å²) in [5.74, 6) is 0.767. The van der Waals surface area contributed by atoms with Crippen LogP contribution in [0.5, 0.6) is 11.5 Å². The number of oxazole rings is 1. The molecular weight excluding hydrogens is 654 g/mol. The number of anilines is 1. The zero-order valence-electron chi connectivity index (χ0n) is 27.1. The highest BCUT2D eigenvalue weighted by atomic mass is 35.5. The summed E-state index contributed by atoms with van der Waals surface area (Å²) >= 11 is 6.56. The van der Waals surface area contributed by atoms with Crippen LogP contribution in [0.2, 0.25) is 5.02 Å². The standard InChI is InChI=1S/C35H38ClN5O6S/c1-38-16-18-39(19-17-38)23-24-6-13-32(46-3)29(21-24)35(40-15-4-5-30(40)33-37-14-20-47-33)28-12-7-25(36)22-31(28)41(34(35)42)48(43,44)27-10-8-26(45-2)9-11-27/h6-14,20-22,30H,4-5,15-19,23H2,1-3H3. The topological polar surface area (TPSA) is 109 Å². The van der Waals surface area contributed by atoms with Crippen LogP contribution in [0.3, 0.4) is 0 Å². The van der Waals surface area contributed by atoms with Gasteiger partial charge in [0.05, 0.1) is 37.0 Å². The number of benzene rings is 3. The van der Waals surface area contributed by atoms with Gasteiger partial charge in [0.25, 0.3) is 15.9 Å². The first-order valence-corrected chi connectivity index (χ1v) is 17.8. The van der Waals surface area contributed by atoms with Crippen LogP contribution in [0.25, 0.3) is 0 Å². The van der Waals surface area contributed by atoms with E-state index in [4.69, 9.17) is 25.5 Å². The Bertz CT molecular complexity index is 1910. The van der Waals surface area contributed by atoms with Crippen molar-refractivity contribution in [2.45, 2.75) is 35.9 Å². The van der Waals surface area contributed by atoms with Gasteiger partial charge in [0.15, 0.2) is 5.54 Å². The van der Waals surface area contributed by atoms with Gasteiger partial charge in [0.1, 0.15) is 17.8 Å². The summed E-state index contributed by atoms with van der Waals surface area (Å²) in [6.45, 7) is 4.89. The van der Waals surface area contributed by atoms with Crippen molar-refractivity contribution < 1.29 is 27.1 Å². The Morgan fingerprint density at radius 3 is 2.42 bits per heavy atom. The van der Waals surface area contributed by atoms with Crippen LogP contribution in [0.4, 0.5) is 5.69 Å². The summed E-state index contributed by atoms with van der Waals surface area (Å²) in [4.78, 5) is 26.7. The maximum atomic E-state index is 15.6. The number of hydrogen-bond donors (Lipinski definition) is 0. The fourth-order valence-electron chi connectivity index (χ4n) is 7.36. The Morgan fingerprint density at radius 2 is 1.73 bits per heavy atom. The van der Waals surface area contributed by atoms with E-state index in [1.165, 1.54) is 25.5 Å². The number of methoxy groups -OCH3 is 2. The average Bonchev–Trinajstić information content (AvgIpc) is 3.85. The van der Waals surface area contributed by atoms with Crippen LogP contribution in [-0.2, 0) is 26.9 Å². The molecule has 252 valence electrons. The van der Waals surface area contributed by atoms with Crippen molar-refractivity contribution in [1.29, 1.82) is 0 Å². The van der Waals surface area contributed by atoms with E-state index in [9.17, 15) is 8.42 Å². The van der Waals surface area contributed by atoms with E-state index in [0.717, 1.165) is 42.5 Å². The van der Waals surface area contributed by atoms with Gasteiger partial charge in [-0.25, -0.2) is 17.7 Å². The van der Waals surface area contributed by atoms with Gasteiger partial charge in [0.2, 0.25) is 5.89 Å². The van der Waals surface area contributed by atoms with Crippen molar-refractivity contribution in [3.8, 4) is 11.5 Å². The number of ether oxygens (including phenoxy) is 2. The third kappa shape index (κ3) is 5.36. The number of sulfonamides is 1. The van der Waals surface area contributed by atoms with Crippen LogP contribution in [0, 0.1) is 0 Å². The van der Waals surface area contributed by atoms with E-state index in [2.05, 4.69) is 21.8 Å². The number of nitrogens with zero attached hydrogens (tertiary/aromatic N) is 5. The van der Waals surface area contributed by atoms with Crippen LogP contribution < -0.4 is 13.8 Å². The lowest BCUT2D eigenvalue weighted by Gasteiger charge is -2.41. The van der Waals surface area contributed by atoms with Crippen molar-refractivity contribution >= 4 is 33.2 Å². The molecule has 3 aliphatic heterocycles. The normalized spacial score (nSPS) is 22.3. The Morgan fingerprint density at radius 1 is 0.958 bits per heavy atom. The Hall–Kier alpha value is -3.94. The summed E-state index contributed by atoms with van der Waals surface area (Å²) in [6.07, 6.45) is 4.49. The van der Waals surface area contributed by atoms with Gasteiger partial charge in [-0.15, -0.1) is 0 Å². The van der Waals surface area contributed by atoms with Crippen LogP contribution >= 0.6 is 11.6 Å². The summed E-state index contributed by atoms with van der Waals surface area (Å²) in [5, 5.41) is 0.300. The molecule has 13 heteroatoms. The molecule has 3 aliphatic rings. The number of amides is 1. The zero-order valence-corrected chi connectivity index (χ0v) is 28.7. The molecule has 3 aromatic carbocycles. The number of likely N-dealkylation sites (tertiary alicyclic amines) is 1. The number of piperazine rings is 1. The largest absolute Gasteiger partial charge is 0.497 e. The maximum absolute atomic E-state index is 15.6. The lowest BCUT2D eigenvalue weighted by atomic mass is 9.80. The molecule has 0 aliphatic carbocycles. The van der Waals surface area contributed by atoms with Gasteiger partial charge in [-0.05, 0) is 74.0 Å². The zero-order chi connectivity index (χ0) is 33.6. The molecule has 2 atom stereocenters.